The van der Waals surface area contributed by atoms with E-state index >= 15 is 0 Å². The van der Waals surface area contributed by atoms with E-state index in [1.807, 2.05) is 0 Å². The quantitative estimate of drug-likeness (QED) is 0.885. The Labute approximate surface area is 138 Å². The van der Waals surface area contributed by atoms with Crippen molar-refractivity contribution in [3.05, 3.63) is 46.5 Å². The van der Waals surface area contributed by atoms with Gasteiger partial charge in [-0.05, 0) is 36.0 Å². The van der Waals surface area contributed by atoms with E-state index in [0.717, 1.165) is 54.2 Å². The van der Waals surface area contributed by atoms with Gasteiger partial charge in [0.1, 0.15) is 0 Å². The fraction of sp³-hybridized carbons (Fsp3) is 0.471. The molecule has 0 spiro atoms. The average Bonchev–Trinajstić information content (AvgIpc) is 2.98. The molecule has 1 aromatic heterocycles. The number of hydrogen-bond donors (Lipinski definition) is 1. The molecule has 2 aromatic rings. The minimum atomic E-state index is -0.815. The molecule has 0 amide bonds. The Morgan fingerprint density at radius 3 is 2.78 bits per heavy atom. The number of anilines is 1. The zero-order valence-electron chi connectivity index (χ0n) is 13.1. The van der Waals surface area contributed by atoms with Crippen LogP contribution in [0.25, 0.3) is 0 Å². The Balaban J connectivity index is 1.58. The lowest BCUT2D eigenvalue weighted by atomic mass is 9.82. The van der Waals surface area contributed by atoms with Crippen molar-refractivity contribution in [1.29, 1.82) is 0 Å². The molecule has 2 heterocycles. The summed E-state index contributed by atoms with van der Waals surface area (Å²) in [6.45, 7) is 4.77. The maximum atomic E-state index is 13.2. The maximum Gasteiger partial charge on any atom is 0.182 e. The summed E-state index contributed by atoms with van der Waals surface area (Å²) in [5.74, 6) is -1.62. The highest BCUT2D eigenvalue weighted by Crippen LogP contribution is 2.31. The topological polar surface area (TPSA) is 34.2 Å². The van der Waals surface area contributed by atoms with Gasteiger partial charge < -0.3 is 10.1 Å². The van der Waals surface area contributed by atoms with Gasteiger partial charge in [-0.1, -0.05) is 13.0 Å². The summed E-state index contributed by atoms with van der Waals surface area (Å²) in [6.07, 6.45) is 4.45. The first kappa shape index (κ1) is 16.3. The van der Waals surface area contributed by atoms with Crippen molar-refractivity contribution in [2.24, 2.45) is 5.41 Å². The highest BCUT2D eigenvalue weighted by molar-refractivity contribution is 7.15. The molecule has 0 aliphatic carbocycles. The van der Waals surface area contributed by atoms with Crippen LogP contribution < -0.4 is 5.32 Å². The number of rotatable bonds is 5. The molecule has 3 rings (SSSR count). The zero-order valence-corrected chi connectivity index (χ0v) is 13.9. The van der Waals surface area contributed by atoms with Crippen LogP contribution in [-0.2, 0) is 11.2 Å². The molecule has 6 heteroatoms. The van der Waals surface area contributed by atoms with Crippen LogP contribution in [0.1, 0.15) is 30.2 Å². The Hall–Kier alpha value is -1.53. The molecule has 23 heavy (non-hydrogen) atoms. The first-order valence-electron chi connectivity index (χ1n) is 7.74. The van der Waals surface area contributed by atoms with E-state index in [0.29, 0.717) is 6.42 Å². The molecule has 1 fully saturated rings. The Kier molecular flexibility index (Phi) is 4.92. The normalized spacial score (nSPS) is 17.2. The molecule has 1 aliphatic rings. The van der Waals surface area contributed by atoms with E-state index in [9.17, 15) is 8.78 Å². The number of hydrogen-bond acceptors (Lipinski definition) is 4. The van der Waals surface area contributed by atoms with E-state index < -0.39 is 11.6 Å². The second kappa shape index (κ2) is 6.93. The van der Waals surface area contributed by atoms with Gasteiger partial charge in [0, 0.05) is 37.3 Å². The second-order valence-corrected chi connectivity index (χ2v) is 7.45. The summed E-state index contributed by atoms with van der Waals surface area (Å²) < 4.78 is 31.6. The minimum absolute atomic E-state index is 0.240. The smallest absolute Gasteiger partial charge is 0.182 e. The van der Waals surface area contributed by atoms with Crippen molar-refractivity contribution in [3.8, 4) is 0 Å². The Morgan fingerprint density at radius 2 is 2.04 bits per heavy atom. The van der Waals surface area contributed by atoms with E-state index in [4.69, 9.17) is 4.74 Å². The maximum absolute atomic E-state index is 13.2. The number of thiazole rings is 1. The molecule has 0 saturated carbocycles. The summed E-state index contributed by atoms with van der Waals surface area (Å²) >= 11 is 1.56. The molecular weight excluding hydrogens is 318 g/mol. The van der Waals surface area contributed by atoms with Crippen molar-refractivity contribution < 1.29 is 13.5 Å². The van der Waals surface area contributed by atoms with Crippen molar-refractivity contribution in [1.82, 2.24) is 4.98 Å². The van der Waals surface area contributed by atoms with Crippen LogP contribution in [0.2, 0.25) is 0 Å². The Morgan fingerprint density at radius 1 is 1.26 bits per heavy atom. The van der Waals surface area contributed by atoms with Crippen molar-refractivity contribution in [3.63, 3.8) is 0 Å². The highest BCUT2D eigenvalue weighted by atomic mass is 32.1. The second-order valence-electron chi connectivity index (χ2n) is 6.33. The number of nitrogens with zero attached hydrogens (tertiary/aromatic N) is 1. The van der Waals surface area contributed by atoms with Gasteiger partial charge in [0.05, 0.1) is 0 Å². The minimum Gasteiger partial charge on any atom is -0.381 e. The van der Waals surface area contributed by atoms with Crippen LogP contribution >= 0.6 is 11.3 Å². The van der Waals surface area contributed by atoms with E-state index in [1.165, 1.54) is 6.07 Å². The lowest BCUT2D eigenvalue weighted by Crippen LogP contribution is -2.33. The Bertz CT molecular complexity index is 668. The summed E-state index contributed by atoms with van der Waals surface area (Å²) in [5, 5.41) is 4.27. The predicted molar refractivity (Wildman–Crippen MR) is 87.9 cm³/mol. The molecule has 1 aromatic carbocycles. The van der Waals surface area contributed by atoms with E-state index in [2.05, 4.69) is 17.2 Å². The molecule has 1 aliphatic heterocycles. The molecule has 124 valence electrons. The van der Waals surface area contributed by atoms with Crippen LogP contribution in [0.4, 0.5) is 13.9 Å². The molecule has 0 radical (unpaired) electrons. The van der Waals surface area contributed by atoms with Gasteiger partial charge in [0.15, 0.2) is 16.8 Å². The van der Waals surface area contributed by atoms with Gasteiger partial charge >= 0.3 is 0 Å². The first-order chi connectivity index (χ1) is 11.0. The molecular formula is C17H20F2N2OS. The average molecular weight is 338 g/mol. The number of halogens is 2. The van der Waals surface area contributed by atoms with Gasteiger partial charge in [-0.15, -0.1) is 11.3 Å². The largest absolute Gasteiger partial charge is 0.381 e. The third-order valence-electron chi connectivity index (χ3n) is 4.28. The van der Waals surface area contributed by atoms with E-state index in [-0.39, 0.29) is 5.41 Å². The van der Waals surface area contributed by atoms with Crippen LogP contribution in [0.3, 0.4) is 0 Å². The summed E-state index contributed by atoms with van der Waals surface area (Å²) in [6, 6.07) is 4.01. The lowest BCUT2D eigenvalue weighted by molar-refractivity contribution is 0.0300. The first-order valence-corrected chi connectivity index (χ1v) is 8.56. The molecule has 0 unspecified atom stereocenters. The highest BCUT2D eigenvalue weighted by Gasteiger charge is 2.27. The summed E-state index contributed by atoms with van der Waals surface area (Å²) in [4.78, 5) is 5.40. The van der Waals surface area contributed by atoms with Crippen molar-refractivity contribution in [2.75, 3.05) is 25.1 Å². The van der Waals surface area contributed by atoms with Crippen molar-refractivity contribution in [2.45, 2.75) is 26.2 Å². The van der Waals surface area contributed by atoms with Gasteiger partial charge in [0.2, 0.25) is 0 Å². The lowest BCUT2D eigenvalue weighted by Gasteiger charge is -2.33. The third-order valence-corrected chi connectivity index (χ3v) is 5.24. The van der Waals surface area contributed by atoms with Crippen LogP contribution in [0.5, 0.6) is 0 Å². The number of aromatic nitrogens is 1. The standard InChI is InChI=1S/C17H20F2N2OS/c1-17(4-6-22-7-5-17)11-21-16-20-10-13(23-16)8-12-2-3-14(18)15(19)9-12/h2-3,9-10H,4-8,11H2,1H3,(H,20,21). The fourth-order valence-electron chi connectivity index (χ4n) is 2.65. The summed E-state index contributed by atoms with van der Waals surface area (Å²) in [5.41, 5.74) is 0.986. The summed E-state index contributed by atoms with van der Waals surface area (Å²) in [7, 11) is 0. The SMILES string of the molecule is CC1(CNc2ncc(Cc3ccc(F)c(F)c3)s2)CCOCC1. The monoisotopic (exact) mass is 338 g/mol. The fourth-order valence-corrected chi connectivity index (χ4v) is 3.49. The van der Waals surface area contributed by atoms with Gasteiger partial charge in [-0.3, -0.25) is 0 Å². The van der Waals surface area contributed by atoms with Gasteiger partial charge in [0.25, 0.3) is 0 Å². The molecule has 1 N–H and O–H groups in total. The zero-order chi connectivity index (χ0) is 16.3. The van der Waals surface area contributed by atoms with Gasteiger partial charge in [-0.2, -0.15) is 0 Å². The molecule has 3 nitrogen and oxygen atoms in total. The van der Waals surface area contributed by atoms with Crippen LogP contribution in [0.15, 0.2) is 24.4 Å². The van der Waals surface area contributed by atoms with Crippen LogP contribution in [0, 0.1) is 17.0 Å². The van der Waals surface area contributed by atoms with Crippen molar-refractivity contribution >= 4 is 16.5 Å². The van der Waals surface area contributed by atoms with Gasteiger partial charge in [-0.25, -0.2) is 13.8 Å². The third kappa shape index (κ3) is 4.26. The number of benzene rings is 1. The predicted octanol–water partition coefficient (Wildman–Crippen LogP) is 4.24. The van der Waals surface area contributed by atoms with Crippen LogP contribution in [-0.4, -0.2) is 24.7 Å². The number of ether oxygens (including phenoxy) is 1. The molecule has 0 atom stereocenters. The number of nitrogens with one attached hydrogen (secondary N) is 1. The van der Waals surface area contributed by atoms with E-state index in [1.54, 1.807) is 23.6 Å². The molecule has 1 saturated heterocycles. The molecule has 0 bridgehead atoms.